The van der Waals surface area contributed by atoms with Crippen LogP contribution < -0.4 is 0 Å². The smallest absolute Gasteiger partial charge is 0.419 e. The number of carbonyl (C=O) groups is 1. The first-order valence-electron chi connectivity index (χ1n) is 2.48. The molecule has 0 saturated heterocycles. The normalized spacial score (nSPS) is 10.5. The molecule has 0 rings (SSSR count). The van der Waals surface area contributed by atoms with E-state index in [4.69, 9.17) is 0 Å². The van der Waals surface area contributed by atoms with Crippen LogP contribution in [0.15, 0.2) is 25.0 Å². The van der Waals surface area contributed by atoms with Crippen LogP contribution >= 0.6 is 0 Å². The Morgan fingerprint density at radius 3 is 2.18 bits per heavy atom. The number of carbonyl (C=O) groups excluding carboxylic acids is 1. The SMILES string of the molecule is C=CC(=O)OC(=C)C(F)(F)F. The molecule has 11 heavy (non-hydrogen) atoms. The van der Waals surface area contributed by atoms with Crippen LogP contribution in [0.5, 0.6) is 0 Å². The zero-order chi connectivity index (χ0) is 9.07. The van der Waals surface area contributed by atoms with Gasteiger partial charge in [-0.1, -0.05) is 13.2 Å². The summed E-state index contributed by atoms with van der Waals surface area (Å²) in [6, 6.07) is 0. The Bertz CT molecular complexity index is 192. The largest absolute Gasteiger partial charge is 0.449 e. The van der Waals surface area contributed by atoms with Crippen molar-refractivity contribution in [3.63, 3.8) is 0 Å². The molecule has 0 heterocycles. The monoisotopic (exact) mass is 166 g/mol. The quantitative estimate of drug-likeness (QED) is 0.355. The van der Waals surface area contributed by atoms with E-state index in [0.29, 0.717) is 6.08 Å². The van der Waals surface area contributed by atoms with E-state index < -0.39 is 17.9 Å². The van der Waals surface area contributed by atoms with E-state index >= 15 is 0 Å². The molecule has 0 aromatic carbocycles. The van der Waals surface area contributed by atoms with Crippen molar-refractivity contribution in [3.8, 4) is 0 Å². The lowest BCUT2D eigenvalue weighted by molar-refractivity contribution is -0.155. The number of hydrogen-bond acceptors (Lipinski definition) is 2. The fraction of sp³-hybridized carbons (Fsp3) is 0.167. The van der Waals surface area contributed by atoms with Gasteiger partial charge in [0.15, 0.2) is 0 Å². The van der Waals surface area contributed by atoms with Crippen molar-refractivity contribution in [1.82, 2.24) is 0 Å². The Morgan fingerprint density at radius 1 is 1.45 bits per heavy atom. The van der Waals surface area contributed by atoms with Gasteiger partial charge in [0.25, 0.3) is 0 Å². The van der Waals surface area contributed by atoms with E-state index in [9.17, 15) is 18.0 Å². The van der Waals surface area contributed by atoms with E-state index in [2.05, 4.69) is 17.9 Å². The third kappa shape index (κ3) is 3.44. The van der Waals surface area contributed by atoms with Gasteiger partial charge in [-0.2, -0.15) is 13.2 Å². The van der Waals surface area contributed by atoms with Crippen molar-refractivity contribution in [1.29, 1.82) is 0 Å². The molecule has 62 valence electrons. The Kier molecular flexibility index (Phi) is 2.86. The van der Waals surface area contributed by atoms with Crippen molar-refractivity contribution in [2.45, 2.75) is 6.18 Å². The highest BCUT2D eigenvalue weighted by atomic mass is 19.4. The summed E-state index contributed by atoms with van der Waals surface area (Å²) in [5.74, 6) is -2.71. The van der Waals surface area contributed by atoms with Gasteiger partial charge in [-0.3, -0.25) is 0 Å². The van der Waals surface area contributed by atoms with Crippen LogP contribution in [-0.2, 0) is 9.53 Å². The molecule has 0 aromatic heterocycles. The second kappa shape index (κ2) is 3.23. The van der Waals surface area contributed by atoms with Crippen LogP contribution in [0.2, 0.25) is 0 Å². The standard InChI is InChI=1S/C6H5F3O2/c1-3-5(10)11-4(2)6(7,8)9/h3H,1-2H2. The molecule has 0 aromatic rings. The highest BCUT2D eigenvalue weighted by Gasteiger charge is 2.35. The zero-order valence-electron chi connectivity index (χ0n) is 5.44. The predicted octanol–water partition coefficient (Wildman–Crippen LogP) is 1.79. The summed E-state index contributed by atoms with van der Waals surface area (Å²) in [5, 5.41) is 0. The maximum Gasteiger partial charge on any atom is 0.449 e. The molecule has 0 saturated carbocycles. The fourth-order valence-corrected chi connectivity index (χ4v) is 0.221. The van der Waals surface area contributed by atoms with Gasteiger partial charge in [0.05, 0.1) is 0 Å². The minimum absolute atomic E-state index is 0.622. The predicted molar refractivity (Wildman–Crippen MR) is 31.5 cm³/mol. The molecule has 0 aliphatic rings. The van der Waals surface area contributed by atoms with Crippen molar-refractivity contribution < 1.29 is 22.7 Å². The van der Waals surface area contributed by atoms with E-state index in [1.165, 1.54) is 0 Å². The zero-order valence-corrected chi connectivity index (χ0v) is 5.44. The van der Waals surface area contributed by atoms with Gasteiger partial charge in [-0.05, 0) is 0 Å². The molecule has 0 aliphatic carbocycles. The van der Waals surface area contributed by atoms with Crippen LogP contribution in [-0.4, -0.2) is 12.1 Å². The molecule has 0 N–H and O–H groups in total. The Labute approximate surface area is 61.0 Å². The van der Waals surface area contributed by atoms with Gasteiger partial charge in [0.1, 0.15) is 0 Å². The Balaban J connectivity index is 4.09. The van der Waals surface area contributed by atoms with Crippen LogP contribution in [0.4, 0.5) is 13.2 Å². The maximum absolute atomic E-state index is 11.5. The molecule has 0 aliphatic heterocycles. The summed E-state index contributed by atoms with van der Waals surface area (Å²) in [5.41, 5.74) is 0. The number of alkyl halides is 3. The minimum atomic E-state index is -4.70. The summed E-state index contributed by atoms with van der Waals surface area (Å²) >= 11 is 0. The fourth-order valence-electron chi connectivity index (χ4n) is 0.221. The second-order valence-corrected chi connectivity index (χ2v) is 1.55. The number of halogens is 3. The highest BCUT2D eigenvalue weighted by Crippen LogP contribution is 2.24. The third-order valence-corrected chi connectivity index (χ3v) is 0.707. The summed E-state index contributed by atoms with van der Waals surface area (Å²) in [6.07, 6.45) is -4.07. The maximum atomic E-state index is 11.5. The van der Waals surface area contributed by atoms with Crippen LogP contribution in [0, 0.1) is 0 Å². The van der Waals surface area contributed by atoms with Gasteiger partial charge >= 0.3 is 12.1 Å². The average Bonchev–Trinajstić information content (AvgIpc) is 1.85. The van der Waals surface area contributed by atoms with Crippen LogP contribution in [0.3, 0.4) is 0 Å². The summed E-state index contributed by atoms with van der Waals surface area (Å²) in [7, 11) is 0. The molecular formula is C6H5F3O2. The van der Waals surface area contributed by atoms with E-state index in [1.807, 2.05) is 0 Å². The van der Waals surface area contributed by atoms with Gasteiger partial charge in [0.2, 0.25) is 5.76 Å². The molecule has 0 bridgehead atoms. The van der Waals surface area contributed by atoms with Crippen molar-refractivity contribution in [2.75, 3.05) is 0 Å². The molecule has 0 unspecified atom stereocenters. The summed E-state index contributed by atoms with van der Waals surface area (Å²) in [6.45, 7) is 5.41. The number of hydrogen-bond donors (Lipinski definition) is 0. The van der Waals surface area contributed by atoms with Crippen LogP contribution in [0.1, 0.15) is 0 Å². The number of esters is 1. The molecule has 0 amide bonds. The Hall–Kier alpha value is -1.26. The molecule has 0 atom stereocenters. The molecule has 5 heteroatoms. The molecule has 0 radical (unpaired) electrons. The topological polar surface area (TPSA) is 26.3 Å². The van der Waals surface area contributed by atoms with Gasteiger partial charge in [-0.25, -0.2) is 4.79 Å². The lowest BCUT2D eigenvalue weighted by atomic mass is 10.5. The average molecular weight is 166 g/mol. The van der Waals surface area contributed by atoms with Gasteiger partial charge < -0.3 is 4.74 Å². The first-order valence-corrected chi connectivity index (χ1v) is 2.48. The number of allylic oxidation sites excluding steroid dienone is 1. The first kappa shape index (κ1) is 9.74. The highest BCUT2D eigenvalue weighted by molar-refractivity contribution is 5.82. The Morgan fingerprint density at radius 2 is 1.91 bits per heavy atom. The van der Waals surface area contributed by atoms with Crippen molar-refractivity contribution in [2.24, 2.45) is 0 Å². The molecule has 0 fully saturated rings. The van der Waals surface area contributed by atoms with Gasteiger partial charge in [0, 0.05) is 6.08 Å². The second-order valence-electron chi connectivity index (χ2n) is 1.55. The number of rotatable bonds is 2. The molecule has 2 nitrogen and oxygen atoms in total. The molecule has 0 spiro atoms. The van der Waals surface area contributed by atoms with Crippen molar-refractivity contribution >= 4 is 5.97 Å². The van der Waals surface area contributed by atoms with Crippen molar-refractivity contribution in [3.05, 3.63) is 25.0 Å². The van der Waals surface area contributed by atoms with Gasteiger partial charge in [-0.15, -0.1) is 0 Å². The van der Waals surface area contributed by atoms with E-state index in [1.54, 1.807) is 0 Å². The number of ether oxygens (including phenoxy) is 1. The minimum Gasteiger partial charge on any atom is -0.419 e. The third-order valence-electron chi connectivity index (χ3n) is 0.707. The van der Waals surface area contributed by atoms with E-state index in [-0.39, 0.29) is 0 Å². The van der Waals surface area contributed by atoms with Crippen LogP contribution in [0.25, 0.3) is 0 Å². The summed E-state index contributed by atoms with van der Waals surface area (Å²) in [4.78, 5) is 10.2. The first-order chi connectivity index (χ1) is 4.88. The summed E-state index contributed by atoms with van der Waals surface area (Å²) < 4.78 is 38.3. The molecular weight excluding hydrogens is 161 g/mol. The lowest BCUT2D eigenvalue weighted by Crippen LogP contribution is -2.15. The van der Waals surface area contributed by atoms with E-state index in [0.717, 1.165) is 0 Å². The lowest BCUT2D eigenvalue weighted by Gasteiger charge is -2.07.